The van der Waals surface area contributed by atoms with Gasteiger partial charge < -0.3 is 100 Å². The fourth-order valence-electron chi connectivity index (χ4n) is 12.1. The summed E-state index contributed by atoms with van der Waals surface area (Å²) in [6.07, 6.45) is 17.9. The largest absolute Gasteiger partial charge is 0.477 e. The average Bonchev–Trinajstić information content (AvgIpc) is 1.10. The minimum absolute atomic E-state index is 0.196. The zero-order valence-corrected chi connectivity index (χ0v) is 54.7. The summed E-state index contributed by atoms with van der Waals surface area (Å²) in [7, 11) is 0. The van der Waals surface area contributed by atoms with Gasteiger partial charge in [-0.25, -0.2) is 4.79 Å². The van der Waals surface area contributed by atoms with Gasteiger partial charge in [0.05, 0.1) is 50.7 Å². The van der Waals surface area contributed by atoms with E-state index in [0.717, 1.165) is 77.6 Å². The van der Waals surface area contributed by atoms with Gasteiger partial charge in [0.1, 0.15) is 67.1 Å². The minimum Gasteiger partial charge on any atom is -0.477 e. The molecule has 18 unspecified atom stereocenters. The highest BCUT2D eigenvalue weighted by Gasteiger charge is 2.60. The average molecular weight is 1290 g/mol. The zero-order valence-electron chi connectivity index (χ0n) is 54.7. The summed E-state index contributed by atoms with van der Waals surface area (Å²) in [6, 6.07) is -2.62. The van der Waals surface area contributed by atoms with E-state index in [0.29, 0.717) is 12.8 Å². The first kappa shape index (κ1) is 81.4. The van der Waals surface area contributed by atoms with Crippen LogP contribution in [0.15, 0.2) is 24.3 Å². The van der Waals surface area contributed by atoms with Gasteiger partial charge >= 0.3 is 5.97 Å². The number of carboxylic acids is 1. The van der Waals surface area contributed by atoms with Crippen LogP contribution in [0.5, 0.6) is 0 Å². The molecule has 0 radical (unpaired) electrons. The van der Waals surface area contributed by atoms with E-state index in [4.69, 9.17) is 28.4 Å². The maximum absolute atomic E-state index is 13.4. The Balaban J connectivity index is 1.61. The van der Waals surface area contributed by atoms with E-state index in [1.54, 1.807) is 6.08 Å². The van der Waals surface area contributed by atoms with Crippen molar-refractivity contribution < 1.29 is 104 Å². The number of nitrogens with one attached hydrogen (secondary N) is 2. The van der Waals surface area contributed by atoms with Crippen molar-refractivity contribution in [3.05, 3.63) is 24.3 Å². The number of amides is 2. The van der Waals surface area contributed by atoms with Crippen molar-refractivity contribution in [3.8, 4) is 0 Å². The summed E-state index contributed by atoms with van der Waals surface area (Å²) in [4.78, 5) is 38.5. The van der Waals surface area contributed by atoms with E-state index < -0.39 is 155 Å². The number of allylic oxidation sites excluding steroid dienone is 3. The molecular formula is C67H122N2O21. The van der Waals surface area contributed by atoms with Gasteiger partial charge in [0.2, 0.25) is 11.8 Å². The van der Waals surface area contributed by atoms with Gasteiger partial charge in [-0.3, -0.25) is 9.59 Å². The van der Waals surface area contributed by atoms with Gasteiger partial charge in [-0.2, -0.15) is 0 Å². The summed E-state index contributed by atoms with van der Waals surface area (Å²) in [5.74, 6) is -6.15. The van der Waals surface area contributed by atoms with E-state index in [1.165, 1.54) is 128 Å². The second-order valence-electron chi connectivity index (χ2n) is 25.4. The Bertz CT molecular complexity index is 1920. The standard InChI is InChI=1S/C67H122N2O21/c1-4-6-8-10-12-14-16-18-20-22-23-25-27-29-31-33-35-37-39-41-54(77)69-48(49(74)40-38-36-34-32-30-28-26-24-21-19-17-15-13-11-9-7-5-2)46-85-64-59(81)58(80)61(53(45-72)87-64)88-65-60(82)63(57(79)52(44-71)86-65)90-67(66(83)84)42-50(75)55(68-47(3)73)62(89-67)56(78)51(76)43-70/h22-23,38,40,48-53,55-65,70-72,74-76,78-82H,4-21,24-37,39,41-46H2,1-3H3,(H,68,73)(H,69,77)(H,83,84)/b23-22-,40-38+. The van der Waals surface area contributed by atoms with Gasteiger partial charge in [-0.15, -0.1) is 0 Å². The summed E-state index contributed by atoms with van der Waals surface area (Å²) in [5, 5.41) is 136. The zero-order chi connectivity index (χ0) is 66.1. The molecule has 0 bridgehead atoms. The molecule has 0 aromatic rings. The second kappa shape index (κ2) is 48.0. The maximum atomic E-state index is 13.4. The smallest absolute Gasteiger partial charge is 0.364 e. The Morgan fingerprint density at radius 1 is 0.578 bits per heavy atom. The fourth-order valence-corrected chi connectivity index (χ4v) is 12.1. The number of carboxylic acid groups (broad SMARTS) is 1. The minimum atomic E-state index is -3.08. The lowest BCUT2D eigenvalue weighted by Crippen LogP contribution is -2.70. The summed E-state index contributed by atoms with van der Waals surface area (Å²) < 4.78 is 34.8. The first-order chi connectivity index (χ1) is 43.4. The van der Waals surface area contributed by atoms with Crippen LogP contribution in [0.25, 0.3) is 0 Å². The first-order valence-electron chi connectivity index (χ1n) is 34.7. The predicted octanol–water partition coefficient (Wildman–Crippen LogP) is 6.06. The van der Waals surface area contributed by atoms with Gasteiger partial charge in [0.15, 0.2) is 12.6 Å². The predicted molar refractivity (Wildman–Crippen MR) is 338 cm³/mol. The Labute approximate surface area is 536 Å². The van der Waals surface area contributed by atoms with Crippen LogP contribution in [0, 0.1) is 0 Å². The molecule has 3 aliphatic heterocycles. The lowest BCUT2D eigenvalue weighted by molar-refractivity contribution is -0.386. The molecule has 0 spiro atoms. The van der Waals surface area contributed by atoms with E-state index >= 15 is 0 Å². The molecule has 0 aromatic carbocycles. The molecule has 0 saturated carbocycles. The van der Waals surface area contributed by atoms with Crippen molar-refractivity contribution in [3.63, 3.8) is 0 Å². The van der Waals surface area contributed by atoms with Crippen molar-refractivity contribution in [1.29, 1.82) is 0 Å². The number of aliphatic hydroxyl groups is 11. The topological polar surface area (TPSA) is 373 Å². The molecule has 23 nitrogen and oxygen atoms in total. The lowest BCUT2D eigenvalue weighted by atomic mass is 9.88. The van der Waals surface area contributed by atoms with E-state index in [-0.39, 0.29) is 12.3 Å². The molecular weight excluding hydrogens is 1170 g/mol. The number of hydrogen-bond acceptors (Lipinski definition) is 20. The van der Waals surface area contributed by atoms with Crippen LogP contribution in [-0.2, 0) is 42.8 Å². The van der Waals surface area contributed by atoms with Gasteiger partial charge in [-0.1, -0.05) is 205 Å². The Hall–Kier alpha value is -2.79. The van der Waals surface area contributed by atoms with Crippen LogP contribution in [0.3, 0.4) is 0 Å². The van der Waals surface area contributed by atoms with Gasteiger partial charge in [-0.05, 0) is 44.9 Å². The van der Waals surface area contributed by atoms with E-state index in [9.17, 15) is 75.7 Å². The van der Waals surface area contributed by atoms with Crippen LogP contribution in [0.1, 0.15) is 245 Å². The number of ether oxygens (including phenoxy) is 6. The lowest BCUT2D eigenvalue weighted by Gasteiger charge is -2.50. The molecule has 3 rings (SSSR count). The highest BCUT2D eigenvalue weighted by molar-refractivity contribution is 5.77. The van der Waals surface area contributed by atoms with E-state index in [2.05, 4.69) is 36.6 Å². The molecule has 90 heavy (non-hydrogen) atoms. The highest BCUT2D eigenvalue weighted by Crippen LogP contribution is 2.39. The number of unbranched alkanes of at least 4 members (excludes halogenated alkanes) is 30. The number of aliphatic hydroxyl groups excluding tert-OH is 11. The normalized spacial score (nSPS) is 28.7. The molecule has 3 fully saturated rings. The molecule has 0 aliphatic carbocycles. The second-order valence-corrected chi connectivity index (χ2v) is 25.4. The Kier molecular flexibility index (Phi) is 43.4. The first-order valence-corrected chi connectivity index (χ1v) is 34.7. The van der Waals surface area contributed by atoms with Crippen LogP contribution >= 0.6 is 0 Å². The van der Waals surface area contributed by atoms with Crippen LogP contribution < -0.4 is 10.6 Å². The third-order valence-electron chi connectivity index (χ3n) is 17.6. The monoisotopic (exact) mass is 1290 g/mol. The quantitative estimate of drug-likeness (QED) is 0.0243. The van der Waals surface area contributed by atoms with E-state index in [1.807, 2.05) is 6.08 Å². The van der Waals surface area contributed by atoms with Crippen molar-refractivity contribution in [2.75, 3.05) is 26.4 Å². The molecule has 3 saturated heterocycles. The highest BCUT2D eigenvalue weighted by atomic mass is 16.8. The van der Waals surface area contributed by atoms with Crippen molar-refractivity contribution >= 4 is 17.8 Å². The maximum Gasteiger partial charge on any atom is 0.364 e. The van der Waals surface area contributed by atoms with Gasteiger partial charge in [0, 0.05) is 19.8 Å². The molecule has 526 valence electrons. The van der Waals surface area contributed by atoms with Crippen molar-refractivity contribution in [2.24, 2.45) is 0 Å². The third kappa shape index (κ3) is 30.3. The summed E-state index contributed by atoms with van der Waals surface area (Å²) in [5.41, 5.74) is 0. The Morgan fingerprint density at radius 2 is 1.04 bits per heavy atom. The van der Waals surface area contributed by atoms with Crippen LogP contribution in [-0.4, -0.2) is 215 Å². The van der Waals surface area contributed by atoms with Crippen molar-refractivity contribution in [2.45, 2.75) is 355 Å². The summed E-state index contributed by atoms with van der Waals surface area (Å²) >= 11 is 0. The Morgan fingerprint density at radius 3 is 1.51 bits per heavy atom. The molecule has 23 heteroatoms. The fraction of sp³-hybridized carbons (Fsp3) is 0.896. The number of carbonyl (C=O) groups excluding carboxylic acids is 2. The molecule has 0 aromatic heterocycles. The van der Waals surface area contributed by atoms with Crippen LogP contribution in [0.4, 0.5) is 0 Å². The number of carbonyl (C=O) groups is 3. The molecule has 18 atom stereocenters. The molecule has 2 amide bonds. The van der Waals surface area contributed by atoms with Gasteiger partial charge in [0.25, 0.3) is 5.79 Å². The molecule has 3 heterocycles. The number of hydrogen-bond donors (Lipinski definition) is 14. The third-order valence-corrected chi connectivity index (χ3v) is 17.6. The summed E-state index contributed by atoms with van der Waals surface area (Å²) in [6.45, 7) is 2.14. The SMILES string of the molecule is CCCCCCCCCC/C=C\CCCCCCCCCC(=O)NC(COC1OC(CO)C(OC2OC(CO)C(O)C(OC3(C(=O)O)CC(O)C(NC(C)=O)C(C(O)C(O)CO)O3)C2O)C(O)C1O)C(O)/C=C/CCCCCCCCCCCCCCCCC. The number of aliphatic carboxylic acids is 1. The number of rotatable bonds is 52. The van der Waals surface area contributed by atoms with Crippen molar-refractivity contribution in [1.82, 2.24) is 10.6 Å². The molecule has 3 aliphatic rings. The molecule has 14 N–H and O–H groups in total. The van der Waals surface area contributed by atoms with Crippen LogP contribution in [0.2, 0.25) is 0 Å².